The number of imidazole rings is 1. The molecule has 0 spiro atoms. The molecule has 2 nitrogen and oxygen atoms in total. The Bertz CT molecular complexity index is 455. The summed E-state index contributed by atoms with van der Waals surface area (Å²) in [5, 5.41) is 0. The lowest BCUT2D eigenvalue weighted by atomic mass is 10.1. The summed E-state index contributed by atoms with van der Waals surface area (Å²) in [7, 11) is 0. The highest BCUT2D eigenvalue weighted by Gasteiger charge is 1.98. The molecule has 0 bridgehead atoms. The van der Waals surface area contributed by atoms with Gasteiger partial charge in [-0.1, -0.05) is 43.3 Å². The second-order valence-corrected chi connectivity index (χ2v) is 3.74. The highest BCUT2D eigenvalue weighted by molar-refractivity contribution is 5.53. The molecule has 0 aliphatic rings. The van der Waals surface area contributed by atoms with Crippen molar-refractivity contribution >= 4 is 6.08 Å². The first-order chi connectivity index (χ1) is 7.90. The average Bonchev–Trinajstić information content (AvgIpc) is 2.81. The van der Waals surface area contributed by atoms with Crippen molar-refractivity contribution in [1.29, 1.82) is 0 Å². The third kappa shape index (κ3) is 2.60. The van der Waals surface area contributed by atoms with Crippen molar-refractivity contribution in [3.05, 3.63) is 60.2 Å². The van der Waals surface area contributed by atoms with Crippen LogP contribution in [0.25, 0.3) is 6.08 Å². The van der Waals surface area contributed by atoms with Crippen LogP contribution in [0.1, 0.15) is 24.5 Å². The summed E-state index contributed by atoms with van der Waals surface area (Å²) in [5.74, 6) is 0. The van der Waals surface area contributed by atoms with Gasteiger partial charge >= 0.3 is 0 Å². The van der Waals surface area contributed by atoms with E-state index < -0.39 is 0 Å². The van der Waals surface area contributed by atoms with Gasteiger partial charge in [0.25, 0.3) is 0 Å². The highest BCUT2D eigenvalue weighted by Crippen LogP contribution is 2.12. The first-order valence-electron chi connectivity index (χ1n) is 5.60. The summed E-state index contributed by atoms with van der Waals surface area (Å²) in [6.45, 7) is 3.03. The van der Waals surface area contributed by atoms with Crippen molar-refractivity contribution < 1.29 is 0 Å². The van der Waals surface area contributed by atoms with E-state index in [1.165, 1.54) is 11.1 Å². The maximum absolute atomic E-state index is 4.06. The molecule has 0 N–H and O–H groups in total. The molecule has 0 saturated heterocycles. The second kappa shape index (κ2) is 5.31. The Morgan fingerprint density at radius 2 is 2.19 bits per heavy atom. The third-order valence-corrected chi connectivity index (χ3v) is 2.50. The summed E-state index contributed by atoms with van der Waals surface area (Å²) in [6, 6.07) is 8.47. The molecule has 0 aliphatic heterocycles. The molecular formula is C14H16N2. The maximum Gasteiger partial charge on any atom is 0.0949 e. The minimum absolute atomic E-state index is 0.879. The smallest absolute Gasteiger partial charge is 0.0949 e. The van der Waals surface area contributed by atoms with Gasteiger partial charge in [-0.15, -0.1) is 0 Å². The molecule has 0 saturated carbocycles. The fourth-order valence-corrected chi connectivity index (χ4v) is 1.66. The van der Waals surface area contributed by atoms with Crippen molar-refractivity contribution in [3.63, 3.8) is 0 Å². The van der Waals surface area contributed by atoms with E-state index in [0.29, 0.717) is 0 Å². The molecule has 2 aromatic rings. The van der Waals surface area contributed by atoms with Crippen molar-refractivity contribution in [2.24, 2.45) is 0 Å². The fourth-order valence-electron chi connectivity index (χ4n) is 1.66. The Morgan fingerprint density at radius 1 is 1.31 bits per heavy atom. The average molecular weight is 212 g/mol. The molecule has 2 rings (SSSR count). The lowest BCUT2D eigenvalue weighted by Gasteiger charge is -2.06. The van der Waals surface area contributed by atoms with E-state index in [9.17, 15) is 0 Å². The third-order valence-electron chi connectivity index (χ3n) is 2.50. The molecule has 0 amide bonds. The van der Waals surface area contributed by atoms with Crippen molar-refractivity contribution in [2.75, 3.05) is 0 Å². The van der Waals surface area contributed by atoms with Gasteiger partial charge in [0.1, 0.15) is 0 Å². The Hall–Kier alpha value is -1.83. The molecule has 0 aliphatic carbocycles. The van der Waals surface area contributed by atoms with Crippen LogP contribution in [0.4, 0.5) is 0 Å². The molecule has 0 unspecified atom stereocenters. The van der Waals surface area contributed by atoms with Gasteiger partial charge in [0.05, 0.1) is 6.33 Å². The van der Waals surface area contributed by atoms with Crippen LogP contribution in [-0.4, -0.2) is 9.55 Å². The predicted octanol–water partition coefficient (Wildman–Crippen LogP) is 3.35. The Kier molecular flexibility index (Phi) is 3.54. The number of hydrogen-bond acceptors (Lipinski definition) is 1. The number of rotatable bonds is 4. The summed E-state index contributed by atoms with van der Waals surface area (Å²) >= 11 is 0. The van der Waals surface area contributed by atoms with Crippen LogP contribution < -0.4 is 0 Å². The van der Waals surface area contributed by atoms with E-state index >= 15 is 0 Å². The second-order valence-electron chi connectivity index (χ2n) is 3.74. The molecule has 0 radical (unpaired) electrons. The highest BCUT2D eigenvalue weighted by atomic mass is 15.0. The normalized spacial score (nSPS) is 11.1. The summed E-state index contributed by atoms with van der Waals surface area (Å²) in [6.07, 6.45) is 11.1. The number of nitrogens with zero attached hydrogens (tertiary/aromatic N) is 2. The molecule has 16 heavy (non-hydrogen) atoms. The van der Waals surface area contributed by atoms with Crippen molar-refractivity contribution in [2.45, 2.75) is 19.9 Å². The van der Waals surface area contributed by atoms with Crippen LogP contribution in [0.2, 0.25) is 0 Å². The number of hydrogen-bond donors (Lipinski definition) is 0. The lowest BCUT2D eigenvalue weighted by molar-refractivity contribution is 0.796. The first-order valence-corrected chi connectivity index (χ1v) is 5.60. The topological polar surface area (TPSA) is 17.8 Å². The van der Waals surface area contributed by atoms with Gasteiger partial charge in [0, 0.05) is 18.9 Å². The van der Waals surface area contributed by atoms with Gasteiger partial charge < -0.3 is 4.57 Å². The molecular weight excluding hydrogens is 196 g/mol. The Balaban J connectivity index is 2.22. The molecule has 1 aromatic carbocycles. The SMILES string of the molecule is CCC=Cc1ccccc1Cn1ccnc1. The first kappa shape index (κ1) is 10.7. The van der Waals surface area contributed by atoms with Crippen LogP contribution in [0.5, 0.6) is 0 Å². The molecule has 0 atom stereocenters. The van der Waals surface area contributed by atoms with Gasteiger partial charge in [-0.05, 0) is 17.5 Å². The van der Waals surface area contributed by atoms with E-state index in [1.807, 2.05) is 18.7 Å². The quantitative estimate of drug-likeness (QED) is 0.760. The fraction of sp³-hybridized carbons (Fsp3) is 0.214. The van der Waals surface area contributed by atoms with E-state index in [0.717, 1.165) is 13.0 Å². The summed E-state index contributed by atoms with van der Waals surface area (Å²) in [5.41, 5.74) is 2.61. The molecule has 1 heterocycles. The van der Waals surface area contributed by atoms with Crippen molar-refractivity contribution in [3.8, 4) is 0 Å². The van der Waals surface area contributed by atoms with Crippen LogP contribution in [0.3, 0.4) is 0 Å². The standard InChI is InChI=1S/C14H16N2/c1-2-3-6-13-7-4-5-8-14(13)11-16-10-9-15-12-16/h3-10,12H,2,11H2,1H3. The zero-order valence-corrected chi connectivity index (χ0v) is 9.50. The lowest BCUT2D eigenvalue weighted by Crippen LogP contribution is -1.98. The van der Waals surface area contributed by atoms with Gasteiger partial charge in [0.15, 0.2) is 0 Å². The van der Waals surface area contributed by atoms with Gasteiger partial charge in [-0.3, -0.25) is 0 Å². The monoisotopic (exact) mass is 212 g/mol. The molecule has 2 heteroatoms. The van der Waals surface area contributed by atoms with E-state index in [1.54, 1.807) is 0 Å². The van der Waals surface area contributed by atoms with Crippen molar-refractivity contribution in [1.82, 2.24) is 9.55 Å². The van der Waals surface area contributed by atoms with Gasteiger partial charge in [-0.2, -0.15) is 0 Å². The molecule has 1 aromatic heterocycles. The zero-order chi connectivity index (χ0) is 11.2. The van der Waals surface area contributed by atoms with E-state index in [-0.39, 0.29) is 0 Å². The largest absolute Gasteiger partial charge is 0.333 e. The van der Waals surface area contributed by atoms with Crippen LogP contribution >= 0.6 is 0 Å². The Labute approximate surface area is 96.3 Å². The summed E-state index contributed by atoms with van der Waals surface area (Å²) in [4.78, 5) is 4.06. The number of aromatic nitrogens is 2. The molecule has 0 fully saturated rings. The van der Waals surface area contributed by atoms with Crippen LogP contribution in [0.15, 0.2) is 49.1 Å². The minimum Gasteiger partial charge on any atom is -0.333 e. The number of benzene rings is 1. The van der Waals surface area contributed by atoms with Gasteiger partial charge in [-0.25, -0.2) is 4.98 Å². The zero-order valence-electron chi connectivity index (χ0n) is 9.50. The number of allylic oxidation sites excluding steroid dienone is 1. The van der Waals surface area contributed by atoms with Crippen LogP contribution in [-0.2, 0) is 6.54 Å². The predicted molar refractivity (Wildman–Crippen MR) is 67.1 cm³/mol. The van der Waals surface area contributed by atoms with Gasteiger partial charge in [0.2, 0.25) is 0 Å². The summed E-state index contributed by atoms with van der Waals surface area (Å²) < 4.78 is 2.08. The van der Waals surface area contributed by atoms with E-state index in [4.69, 9.17) is 0 Å². The Morgan fingerprint density at radius 3 is 2.94 bits per heavy atom. The van der Waals surface area contributed by atoms with E-state index in [2.05, 4.69) is 52.9 Å². The molecule has 82 valence electrons. The maximum atomic E-state index is 4.06. The van der Waals surface area contributed by atoms with Crippen LogP contribution in [0, 0.1) is 0 Å². The minimum atomic E-state index is 0.879.